The third-order valence-electron chi connectivity index (χ3n) is 5.83. The Balaban J connectivity index is 1.60. The number of rotatable bonds is 7. The fourth-order valence-electron chi connectivity index (χ4n) is 4.31. The van der Waals surface area contributed by atoms with Crippen LogP contribution in [0.15, 0.2) is 53.3 Å². The van der Waals surface area contributed by atoms with Crippen molar-refractivity contribution in [3.05, 3.63) is 70.4 Å². The van der Waals surface area contributed by atoms with E-state index < -0.39 is 0 Å². The zero-order chi connectivity index (χ0) is 23.4. The van der Waals surface area contributed by atoms with Crippen LogP contribution in [0, 0.1) is 0 Å². The molecular formula is C25H30N4O4. The van der Waals surface area contributed by atoms with Crippen LogP contribution < -0.4 is 15.2 Å². The molecule has 1 fully saturated rings. The summed E-state index contributed by atoms with van der Waals surface area (Å²) >= 11 is 0. The summed E-state index contributed by atoms with van der Waals surface area (Å²) in [6, 6.07) is 14.8. The molecule has 3 aromatic rings. The molecular weight excluding hydrogens is 420 g/mol. The minimum atomic E-state index is -0.187. The van der Waals surface area contributed by atoms with Crippen LogP contribution in [-0.2, 0) is 7.05 Å². The molecule has 0 radical (unpaired) electrons. The molecule has 0 spiro atoms. The normalized spacial score (nSPS) is 16.0. The van der Waals surface area contributed by atoms with E-state index in [9.17, 15) is 9.59 Å². The van der Waals surface area contributed by atoms with Crippen LogP contribution >= 0.6 is 0 Å². The zero-order valence-electron chi connectivity index (χ0n) is 19.4. The number of ether oxygens (including phenoxy) is 2. The first-order valence-electron chi connectivity index (χ1n) is 11.4. The molecule has 1 atom stereocenters. The van der Waals surface area contributed by atoms with E-state index in [1.165, 1.54) is 4.68 Å². The smallest absolute Gasteiger partial charge is 0.350 e. The first-order chi connectivity index (χ1) is 16.0. The highest BCUT2D eigenvalue weighted by molar-refractivity contribution is 5.95. The van der Waals surface area contributed by atoms with Crippen molar-refractivity contribution in [2.24, 2.45) is 7.05 Å². The molecule has 1 aromatic heterocycles. The van der Waals surface area contributed by atoms with Gasteiger partial charge in [0.25, 0.3) is 5.91 Å². The summed E-state index contributed by atoms with van der Waals surface area (Å²) in [6.07, 6.45) is 1.70. The number of likely N-dealkylation sites (tertiary alicyclic amines) is 1. The maximum absolute atomic E-state index is 13.4. The SMILES string of the molecule is CCOc1ccc(C(=O)N2CCCC(c3nn(C)c(=O)n3-c3ccccc3)C2)cc1OCC. The van der Waals surface area contributed by atoms with Gasteiger partial charge in [-0.05, 0) is 57.0 Å². The Morgan fingerprint density at radius 1 is 1.06 bits per heavy atom. The topological polar surface area (TPSA) is 78.6 Å². The van der Waals surface area contributed by atoms with Gasteiger partial charge < -0.3 is 14.4 Å². The van der Waals surface area contributed by atoms with Gasteiger partial charge >= 0.3 is 5.69 Å². The van der Waals surface area contributed by atoms with Gasteiger partial charge in [-0.25, -0.2) is 14.0 Å². The number of nitrogens with zero attached hydrogens (tertiary/aromatic N) is 4. The lowest BCUT2D eigenvalue weighted by Gasteiger charge is -2.32. The molecule has 1 saturated heterocycles. The molecule has 8 heteroatoms. The number of hydrogen-bond acceptors (Lipinski definition) is 5. The van der Waals surface area contributed by atoms with Crippen molar-refractivity contribution in [1.82, 2.24) is 19.2 Å². The standard InChI is InChI=1S/C25H30N4O4/c1-4-32-21-14-13-18(16-22(21)33-5-2)24(30)28-15-9-10-19(17-28)23-26-27(3)25(31)29(23)20-11-7-6-8-12-20/h6-8,11-14,16,19H,4-5,9-10,15,17H2,1-3H3. The molecule has 33 heavy (non-hydrogen) atoms. The second-order valence-electron chi connectivity index (χ2n) is 8.05. The molecule has 1 aliphatic rings. The van der Waals surface area contributed by atoms with E-state index in [-0.39, 0.29) is 17.5 Å². The Kier molecular flexibility index (Phi) is 6.82. The van der Waals surface area contributed by atoms with Crippen LogP contribution in [0.25, 0.3) is 5.69 Å². The number of benzene rings is 2. The van der Waals surface area contributed by atoms with Gasteiger partial charge in [0.05, 0.1) is 18.9 Å². The van der Waals surface area contributed by atoms with Crippen LogP contribution in [0.2, 0.25) is 0 Å². The maximum Gasteiger partial charge on any atom is 0.350 e. The first-order valence-corrected chi connectivity index (χ1v) is 11.4. The van der Waals surface area contributed by atoms with Gasteiger partial charge in [-0.1, -0.05) is 18.2 Å². The minimum Gasteiger partial charge on any atom is -0.490 e. The number of carbonyl (C=O) groups excluding carboxylic acids is 1. The highest BCUT2D eigenvalue weighted by Crippen LogP contribution is 2.31. The molecule has 1 aliphatic heterocycles. The van der Waals surface area contributed by atoms with Crippen LogP contribution in [-0.4, -0.2) is 51.5 Å². The molecule has 174 valence electrons. The molecule has 4 rings (SSSR count). The fourth-order valence-corrected chi connectivity index (χ4v) is 4.31. The fraction of sp³-hybridized carbons (Fsp3) is 0.400. The highest BCUT2D eigenvalue weighted by Gasteiger charge is 2.30. The molecule has 2 heterocycles. The van der Waals surface area contributed by atoms with E-state index in [1.54, 1.807) is 29.8 Å². The summed E-state index contributed by atoms with van der Waals surface area (Å²) in [5.41, 5.74) is 1.15. The number of hydrogen-bond donors (Lipinski definition) is 0. The largest absolute Gasteiger partial charge is 0.490 e. The van der Waals surface area contributed by atoms with E-state index in [2.05, 4.69) is 5.10 Å². The number of aromatic nitrogens is 3. The molecule has 0 saturated carbocycles. The summed E-state index contributed by atoms with van der Waals surface area (Å²) in [6.45, 7) is 5.98. The van der Waals surface area contributed by atoms with E-state index >= 15 is 0 Å². The molecule has 0 bridgehead atoms. The molecule has 8 nitrogen and oxygen atoms in total. The second kappa shape index (κ2) is 9.94. The summed E-state index contributed by atoms with van der Waals surface area (Å²) < 4.78 is 14.3. The highest BCUT2D eigenvalue weighted by atomic mass is 16.5. The van der Waals surface area contributed by atoms with Crippen LogP contribution in [0.3, 0.4) is 0 Å². The number of piperidine rings is 1. The van der Waals surface area contributed by atoms with Gasteiger partial charge in [0.2, 0.25) is 0 Å². The van der Waals surface area contributed by atoms with Crippen molar-refractivity contribution in [1.29, 1.82) is 0 Å². The molecule has 2 aromatic carbocycles. The lowest BCUT2D eigenvalue weighted by molar-refractivity contribution is 0.0703. The summed E-state index contributed by atoms with van der Waals surface area (Å²) in [5.74, 6) is 1.79. The summed E-state index contributed by atoms with van der Waals surface area (Å²) in [4.78, 5) is 28.0. The quantitative estimate of drug-likeness (QED) is 0.551. The summed E-state index contributed by atoms with van der Waals surface area (Å²) in [5, 5.41) is 4.54. The van der Waals surface area contributed by atoms with Crippen molar-refractivity contribution in [2.75, 3.05) is 26.3 Å². The Morgan fingerprint density at radius 2 is 1.79 bits per heavy atom. The molecule has 1 unspecified atom stereocenters. The van der Waals surface area contributed by atoms with Crippen molar-refractivity contribution in [3.63, 3.8) is 0 Å². The Bertz CT molecular complexity index is 1170. The van der Waals surface area contributed by atoms with Gasteiger partial charge in [0, 0.05) is 31.6 Å². The third-order valence-corrected chi connectivity index (χ3v) is 5.83. The Morgan fingerprint density at radius 3 is 2.52 bits per heavy atom. The average Bonchev–Trinajstić information content (AvgIpc) is 3.15. The zero-order valence-corrected chi connectivity index (χ0v) is 19.4. The Hall–Kier alpha value is -3.55. The number of amides is 1. The van der Waals surface area contributed by atoms with E-state index in [4.69, 9.17) is 9.47 Å². The van der Waals surface area contributed by atoms with Crippen molar-refractivity contribution in [2.45, 2.75) is 32.6 Å². The van der Waals surface area contributed by atoms with Crippen molar-refractivity contribution >= 4 is 5.91 Å². The van der Waals surface area contributed by atoms with Crippen molar-refractivity contribution in [3.8, 4) is 17.2 Å². The maximum atomic E-state index is 13.4. The van der Waals surface area contributed by atoms with Gasteiger partial charge in [-0.2, -0.15) is 5.10 Å². The Labute approximate surface area is 193 Å². The van der Waals surface area contributed by atoms with Gasteiger partial charge in [-0.3, -0.25) is 4.79 Å². The third kappa shape index (κ3) is 4.65. The molecule has 0 aliphatic carbocycles. The predicted molar refractivity (Wildman–Crippen MR) is 125 cm³/mol. The monoisotopic (exact) mass is 450 g/mol. The van der Waals surface area contributed by atoms with Crippen LogP contribution in [0.1, 0.15) is 48.8 Å². The molecule has 1 amide bonds. The number of para-hydroxylation sites is 1. The van der Waals surface area contributed by atoms with Gasteiger partial charge in [0.1, 0.15) is 5.82 Å². The van der Waals surface area contributed by atoms with Gasteiger partial charge in [-0.15, -0.1) is 0 Å². The van der Waals surface area contributed by atoms with E-state index in [0.29, 0.717) is 49.2 Å². The van der Waals surface area contributed by atoms with Crippen LogP contribution in [0.5, 0.6) is 11.5 Å². The van der Waals surface area contributed by atoms with Crippen molar-refractivity contribution < 1.29 is 14.3 Å². The minimum absolute atomic E-state index is 0.0362. The number of aryl methyl sites for hydroxylation is 1. The van der Waals surface area contributed by atoms with Crippen LogP contribution in [0.4, 0.5) is 0 Å². The second-order valence-corrected chi connectivity index (χ2v) is 8.05. The lowest BCUT2D eigenvalue weighted by atomic mass is 9.96. The van der Waals surface area contributed by atoms with E-state index in [0.717, 1.165) is 18.5 Å². The number of carbonyl (C=O) groups is 1. The molecule has 0 N–H and O–H groups in total. The van der Waals surface area contributed by atoms with E-state index in [1.807, 2.05) is 49.1 Å². The average molecular weight is 451 g/mol. The summed E-state index contributed by atoms with van der Waals surface area (Å²) in [7, 11) is 1.66. The predicted octanol–water partition coefficient (Wildman–Crippen LogP) is 3.39. The van der Waals surface area contributed by atoms with Gasteiger partial charge in [0.15, 0.2) is 11.5 Å². The first kappa shape index (κ1) is 22.6. The lowest BCUT2D eigenvalue weighted by Crippen LogP contribution is -2.40.